The summed E-state index contributed by atoms with van der Waals surface area (Å²) in [4.78, 5) is 62.5. The lowest BCUT2D eigenvalue weighted by molar-refractivity contribution is -0.137. The van der Waals surface area contributed by atoms with Crippen molar-refractivity contribution in [1.82, 2.24) is 9.88 Å². The minimum atomic E-state index is -0.852. The number of ether oxygens (including phenoxy) is 2. The van der Waals surface area contributed by atoms with Crippen molar-refractivity contribution in [3.05, 3.63) is 87.6 Å². The Balaban J connectivity index is 1.13. The fourth-order valence-corrected chi connectivity index (χ4v) is 16.1. The molecule has 1 saturated heterocycles. The van der Waals surface area contributed by atoms with Gasteiger partial charge in [-0.05, 0) is 110 Å². The summed E-state index contributed by atoms with van der Waals surface area (Å²) < 4.78 is 13.0. The first-order valence-electron chi connectivity index (χ1n) is 22.4. The van der Waals surface area contributed by atoms with Crippen molar-refractivity contribution in [3.8, 4) is 0 Å². The van der Waals surface area contributed by atoms with E-state index in [0.717, 1.165) is 90.1 Å². The van der Waals surface area contributed by atoms with Crippen molar-refractivity contribution in [2.75, 3.05) is 17.6 Å². The first-order chi connectivity index (χ1) is 28.8. The van der Waals surface area contributed by atoms with Gasteiger partial charge in [-0.15, -0.1) is 0 Å². The third-order valence-electron chi connectivity index (χ3n) is 16.3. The quantitative estimate of drug-likeness (QED) is 0.175. The molecule has 12 aliphatic rings. The molecule has 9 bridgehead atoms. The average Bonchev–Trinajstić information content (AvgIpc) is 4.02. The predicted molar refractivity (Wildman–Crippen MR) is 229 cm³/mol. The van der Waals surface area contributed by atoms with Crippen LogP contribution < -0.4 is 5.32 Å². The highest BCUT2D eigenvalue weighted by molar-refractivity contribution is 8.77. The lowest BCUT2D eigenvalue weighted by atomic mass is 9.43. The fraction of sp³-hybridized carbons (Fsp3) is 0.562. The van der Waals surface area contributed by atoms with E-state index in [1.807, 2.05) is 33.9 Å². The number of hydrogen-bond acceptors (Lipinski definition) is 10. The van der Waals surface area contributed by atoms with Crippen molar-refractivity contribution >= 4 is 57.2 Å². The van der Waals surface area contributed by atoms with Crippen molar-refractivity contribution in [2.24, 2.45) is 40.4 Å². The van der Waals surface area contributed by atoms with Crippen LogP contribution in [0.2, 0.25) is 0 Å². The first-order valence-corrected chi connectivity index (χ1v) is 24.8. The zero-order valence-electron chi connectivity index (χ0n) is 33.8. The summed E-state index contributed by atoms with van der Waals surface area (Å²) in [6.07, 6.45) is 29.2. The predicted octanol–water partition coefficient (Wildman–Crippen LogP) is 9.72. The van der Waals surface area contributed by atoms with Gasteiger partial charge in [0.05, 0.1) is 11.0 Å². The number of pyridine rings is 1. The van der Waals surface area contributed by atoms with Crippen LogP contribution in [0.5, 0.6) is 0 Å². The lowest BCUT2D eigenvalue weighted by Crippen LogP contribution is -2.53. The van der Waals surface area contributed by atoms with Crippen LogP contribution in [-0.2, 0) is 28.7 Å². The van der Waals surface area contributed by atoms with Crippen LogP contribution in [0.3, 0.4) is 0 Å². The second-order valence-corrected chi connectivity index (χ2v) is 21.4. The molecule has 59 heavy (non-hydrogen) atoms. The van der Waals surface area contributed by atoms with E-state index in [0.29, 0.717) is 29.6 Å². The van der Waals surface area contributed by atoms with Crippen LogP contribution in [-0.4, -0.2) is 51.3 Å². The first kappa shape index (κ1) is 38.1. The van der Waals surface area contributed by atoms with Crippen LogP contribution in [0.1, 0.15) is 120 Å². The topological polar surface area (TPSA) is 115 Å². The van der Waals surface area contributed by atoms with Gasteiger partial charge >= 0.3 is 11.9 Å². The highest BCUT2D eigenvalue weighted by Crippen LogP contribution is 2.72. The Hall–Kier alpha value is -3.83. The third-order valence-corrected chi connectivity index (χ3v) is 18.9. The highest BCUT2D eigenvalue weighted by Gasteiger charge is 2.69. The summed E-state index contributed by atoms with van der Waals surface area (Å²) in [5.41, 5.74) is 4.47. The molecule has 3 saturated carbocycles. The molecule has 1 aromatic heterocycles. The second-order valence-electron chi connectivity index (χ2n) is 18.8. The number of cyclic esters (lactones) is 1. The van der Waals surface area contributed by atoms with Crippen molar-refractivity contribution in [3.63, 3.8) is 0 Å². The Bertz CT molecular complexity index is 2210. The molecule has 7 heterocycles. The number of nitrogens with zero attached hydrogens (tertiary/aromatic N) is 2. The van der Waals surface area contributed by atoms with Gasteiger partial charge in [0.2, 0.25) is 0 Å². The standard InChI is InChI=1S/C48H53N3O6S2/c1-2-47(20-6-7-21-47)24-35-33-12-11-31-30-18-22-48(42(31)41(33)45(54)56-35)36-14-10-28(27-8-4-3-5-9-27)26-58-59-37-15-13-32-29(19-23-49-44(32)50-37)34(40(30)43(48)46(55)57-36)25-51-38(52)16-17-39(51)53/h13-17,19,23-24,27-28,30-31,34,37,42H,2-12,18,20-22,25-26H2,1H3,(H,49,50). The minimum Gasteiger partial charge on any atom is -0.427 e. The van der Waals surface area contributed by atoms with E-state index in [1.54, 1.807) is 0 Å². The SMILES string of the molecule is CCC1(C=C2OC(=O)C3=C2CCC2C4CCC5(C6=CCC(C7CCCCC7)CSSC7C=Cc8c(ccnc8N7)C(CN7C(=O)C=CC7=O)C4=C5C(=O)O6)C32)CCCC1. The Labute approximate surface area is 354 Å². The third kappa shape index (κ3) is 5.97. The average molecular weight is 832 g/mol. The number of carbonyl (C=O) groups excluding carboxylic acids is 4. The monoisotopic (exact) mass is 831 g/mol. The second kappa shape index (κ2) is 14.7. The van der Waals surface area contributed by atoms with Gasteiger partial charge in [-0.1, -0.05) is 85.6 Å². The normalized spacial score (nSPS) is 35.4. The number of rotatable bonds is 5. The molecule has 6 aliphatic carbocycles. The highest BCUT2D eigenvalue weighted by atomic mass is 33.1. The summed E-state index contributed by atoms with van der Waals surface area (Å²) in [5, 5.41) is 3.72. The number of carbonyl (C=O) groups is 4. The molecule has 7 unspecified atom stereocenters. The van der Waals surface area contributed by atoms with Crippen LogP contribution >= 0.6 is 21.6 Å². The molecule has 1 N–H and O–H groups in total. The van der Waals surface area contributed by atoms with E-state index < -0.39 is 11.3 Å². The summed E-state index contributed by atoms with van der Waals surface area (Å²) in [6.45, 7) is 2.35. The Morgan fingerprint density at radius 1 is 0.932 bits per heavy atom. The summed E-state index contributed by atoms with van der Waals surface area (Å²) in [7, 11) is 3.73. The minimum absolute atomic E-state index is 0.0337. The van der Waals surface area contributed by atoms with Gasteiger partial charge in [0.15, 0.2) is 0 Å². The zero-order valence-corrected chi connectivity index (χ0v) is 35.5. The summed E-state index contributed by atoms with van der Waals surface area (Å²) in [6, 6.07) is 2.00. The number of amides is 2. The number of anilines is 1. The van der Waals surface area contributed by atoms with Gasteiger partial charge in [-0.3, -0.25) is 14.5 Å². The summed E-state index contributed by atoms with van der Waals surface area (Å²) >= 11 is 0. The van der Waals surface area contributed by atoms with E-state index in [1.165, 1.54) is 62.0 Å². The van der Waals surface area contributed by atoms with Gasteiger partial charge in [-0.2, -0.15) is 0 Å². The van der Waals surface area contributed by atoms with Gasteiger partial charge in [0, 0.05) is 59.2 Å². The van der Waals surface area contributed by atoms with Gasteiger partial charge in [0.25, 0.3) is 11.8 Å². The van der Waals surface area contributed by atoms with E-state index in [9.17, 15) is 14.4 Å². The number of aromatic nitrogens is 1. The molecular weight excluding hydrogens is 779 g/mol. The maximum absolute atomic E-state index is 15.0. The van der Waals surface area contributed by atoms with Crippen molar-refractivity contribution in [1.29, 1.82) is 0 Å². The summed E-state index contributed by atoms with van der Waals surface area (Å²) in [5.74, 6) is 2.19. The number of esters is 2. The number of imide groups is 1. The number of nitrogens with one attached hydrogen (secondary N) is 1. The van der Waals surface area contributed by atoms with E-state index in [2.05, 4.69) is 36.5 Å². The smallest absolute Gasteiger partial charge is 0.340 e. The Kier molecular flexibility index (Phi) is 9.48. The molecular formula is C48H53N3O6S2. The largest absolute Gasteiger partial charge is 0.427 e. The van der Waals surface area contributed by atoms with E-state index >= 15 is 4.79 Å². The maximum atomic E-state index is 15.0. The molecule has 0 radical (unpaired) electrons. The van der Waals surface area contributed by atoms with Crippen LogP contribution in [0.15, 0.2) is 76.5 Å². The van der Waals surface area contributed by atoms with Gasteiger partial charge in [0.1, 0.15) is 22.7 Å². The molecule has 6 aliphatic heterocycles. The molecule has 308 valence electrons. The van der Waals surface area contributed by atoms with Gasteiger partial charge < -0.3 is 14.8 Å². The Morgan fingerprint density at radius 2 is 1.75 bits per heavy atom. The Morgan fingerprint density at radius 3 is 2.54 bits per heavy atom. The molecule has 1 spiro atoms. The van der Waals surface area contributed by atoms with Crippen LogP contribution in [0, 0.1) is 40.4 Å². The number of fused-ring (bicyclic) bond motifs is 6. The van der Waals surface area contributed by atoms with Crippen molar-refractivity contribution < 1.29 is 28.7 Å². The molecule has 9 nitrogen and oxygen atoms in total. The molecule has 4 fully saturated rings. The van der Waals surface area contributed by atoms with Crippen LogP contribution in [0.25, 0.3) is 6.08 Å². The number of allylic oxidation sites excluding steroid dienone is 4. The van der Waals surface area contributed by atoms with Crippen LogP contribution in [0.4, 0.5) is 5.82 Å². The molecule has 11 heteroatoms. The van der Waals surface area contributed by atoms with Gasteiger partial charge in [-0.25, -0.2) is 14.6 Å². The number of hydrogen-bond donors (Lipinski definition) is 1. The molecule has 0 aromatic carbocycles. The molecule has 2 amide bonds. The van der Waals surface area contributed by atoms with E-state index in [-0.39, 0.29) is 58.8 Å². The molecule has 1 aromatic rings. The van der Waals surface area contributed by atoms with Crippen molar-refractivity contribution in [2.45, 2.75) is 115 Å². The lowest BCUT2D eigenvalue weighted by Gasteiger charge is -2.57. The molecule has 7 atom stereocenters. The fourth-order valence-electron chi connectivity index (χ4n) is 13.4. The van der Waals surface area contributed by atoms with E-state index in [4.69, 9.17) is 14.5 Å². The zero-order chi connectivity index (χ0) is 40.0. The maximum Gasteiger partial charge on any atom is 0.340 e. The molecule has 13 rings (SSSR count).